The van der Waals surface area contributed by atoms with Crippen molar-refractivity contribution in [2.24, 2.45) is 0 Å². The standard InChI is InChI=1S/C14H19F3N4O/c1-8-5-6-9(14(15,16)17)7-10(8)19-11(18)20-12(22)21-13(2,3)4/h5-7H,1-4H3,(H4,18,19,20,21,22). The van der Waals surface area contributed by atoms with E-state index < -0.39 is 29.3 Å². The predicted octanol–water partition coefficient (Wildman–Crippen LogP) is 3.46. The molecule has 2 amide bonds. The zero-order valence-electron chi connectivity index (χ0n) is 12.8. The van der Waals surface area contributed by atoms with Gasteiger partial charge in [0.1, 0.15) is 0 Å². The third kappa shape index (κ3) is 5.63. The highest BCUT2D eigenvalue weighted by Gasteiger charge is 2.30. The predicted molar refractivity (Wildman–Crippen MR) is 79.0 cm³/mol. The molecule has 0 atom stereocenters. The van der Waals surface area contributed by atoms with Crippen molar-refractivity contribution < 1.29 is 18.0 Å². The van der Waals surface area contributed by atoms with Gasteiger partial charge in [0.25, 0.3) is 0 Å². The van der Waals surface area contributed by atoms with Crippen LogP contribution in [0, 0.1) is 12.3 Å². The van der Waals surface area contributed by atoms with Gasteiger partial charge in [-0.1, -0.05) is 6.07 Å². The fourth-order valence-corrected chi connectivity index (χ4v) is 1.58. The molecule has 1 aromatic rings. The Labute approximate surface area is 126 Å². The number of rotatable bonds is 1. The lowest BCUT2D eigenvalue weighted by molar-refractivity contribution is -0.137. The summed E-state index contributed by atoms with van der Waals surface area (Å²) in [4.78, 5) is 11.6. The molecule has 0 spiro atoms. The second-order valence-electron chi connectivity index (χ2n) is 5.86. The molecule has 0 saturated heterocycles. The minimum absolute atomic E-state index is 0.107. The minimum Gasteiger partial charge on any atom is -0.333 e. The number of hydrogen-bond donors (Lipinski definition) is 4. The molecule has 122 valence electrons. The third-order valence-corrected chi connectivity index (χ3v) is 2.55. The molecule has 0 aromatic heterocycles. The first-order valence-corrected chi connectivity index (χ1v) is 6.51. The van der Waals surface area contributed by atoms with E-state index in [1.54, 1.807) is 27.7 Å². The van der Waals surface area contributed by atoms with Crippen LogP contribution in [-0.2, 0) is 6.18 Å². The van der Waals surface area contributed by atoms with Gasteiger partial charge in [0.2, 0.25) is 5.96 Å². The zero-order chi connectivity index (χ0) is 17.1. The molecule has 0 radical (unpaired) electrons. The Morgan fingerprint density at radius 1 is 1.18 bits per heavy atom. The minimum atomic E-state index is -4.47. The summed E-state index contributed by atoms with van der Waals surface area (Å²) in [6, 6.07) is 2.54. The van der Waals surface area contributed by atoms with E-state index in [-0.39, 0.29) is 5.69 Å². The monoisotopic (exact) mass is 316 g/mol. The molecule has 8 heteroatoms. The molecule has 0 aliphatic heterocycles. The Morgan fingerprint density at radius 3 is 2.27 bits per heavy atom. The SMILES string of the molecule is Cc1ccc(C(F)(F)F)cc1NC(=N)NC(=O)NC(C)(C)C. The second-order valence-corrected chi connectivity index (χ2v) is 5.86. The number of guanidine groups is 1. The molecule has 0 fully saturated rings. The van der Waals surface area contributed by atoms with Crippen LogP contribution in [0.1, 0.15) is 31.9 Å². The lowest BCUT2D eigenvalue weighted by atomic mass is 10.1. The third-order valence-electron chi connectivity index (χ3n) is 2.55. The van der Waals surface area contributed by atoms with Gasteiger partial charge in [0.15, 0.2) is 0 Å². The van der Waals surface area contributed by atoms with Gasteiger partial charge in [0, 0.05) is 11.2 Å². The number of nitrogens with one attached hydrogen (secondary N) is 4. The fraction of sp³-hybridized carbons (Fsp3) is 0.429. The number of carbonyl (C=O) groups is 1. The molecule has 0 aliphatic carbocycles. The Bertz CT molecular complexity index is 576. The Morgan fingerprint density at radius 2 is 1.77 bits per heavy atom. The van der Waals surface area contributed by atoms with Crippen LogP contribution in [0.3, 0.4) is 0 Å². The van der Waals surface area contributed by atoms with Crippen LogP contribution < -0.4 is 16.0 Å². The maximum absolute atomic E-state index is 12.7. The molecule has 0 saturated carbocycles. The molecular formula is C14H19F3N4O. The summed E-state index contributed by atoms with van der Waals surface area (Å²) in [6.07, 6.45) is -4.47. The van der Waals surface area contributed by atoms with E-state index in [4.69, 9.17) is 5.41 Å². The topological polar surface area (TPSA) is 77.0 Å². The number of alkyl halides is 3. The van der Waals surface area contributed by atoms with Crippen molar-refractivity contribution >= 4 is 17.7 Å². The highest BCUT2D eigenvalue weighted by Crippen LogP contribution is 2.31. The van der Waals surface area contributed by atoms with E-state index in [1.165, 1.54) is 6.07 Å². The maximum Gasteiger partial charge on any atom is 0.416 e. The maximum atomic E-state index is 12.7. The number of halogens is 3. The van der Waals surface area contributed by atoms with E-state index in [1.807, 2.05) is 0 Å². The Hall–Kier alpha value is -2.25. The summed E-state index contributed by atoms with van der Waals surface area (Å²) < 4.78 is 38.0. The molecule has 0 heterocycles. The van der Waals surface area contributed by atoms with Gasteiger partial charge < -0.3 is 10.6 Å². The summed E-state index contributed by atoms with van der Waals surface area (Å²) in [6.45, 7) is 6.90. The number of carbonyl (C=O) groups excluding carboxylic acids is 1. The van der Waals surface area contributed by atoms with Crippen molar-refractivity contribution in [3.05, 3.63) is 29.3 Å². The van der Waals surface area contributed by atoms with Gasteiger partial charge in [-0.15, -0.1) is 0 Å². The van der Waals surface area contributed by atoms with Crippen molar-refractivity contribution in [1.82, 2.24) is 10.6 Å². The van der Waals surface area contributed by atoms with Crippen LogP contribution in [0.5, 0.6) is 0 Å². The van der Waals surface area contributed by atoms with Crippen LogP contribution in [0.15, 0.2) is 18.2 Å². The molecule has 1 rings (SSSR count). The summed E-state index contributed by atoms with van der Waals surface area (Å²) in [7, 11) is 0. The lowest BCUT2D eigenvalue weighted by Gasteiger charge is -2.21. The van der Waals surface area contributed by atoms with E-state index in [9.17, 15) is 18.0 Å². The van der Waals surface area contributed by atoms with Crippen molar-refractivity contribution in [2.45, 2.75) is 39.4 Å². The summed E-state index contributed by atoms with van der Waals surface area (Å²) in [5, 5.41) is 14.9. The molecular weight excluding hydrogens is 297 g/mol. The van der Waals surface area contributed by atoms with Gasteiger partial charge in [-0.05, 0) is 45.4 Å². The molecule has 0 aliphatic rings. The van der Waals surface area contributed by atoms with Crippen molar-refractivity contribution in [3.63, 3.8) is 0 Å². The average molecular weight is 316 g/mol. The zero-order valence-corrected chi connectivity index (χ0v) is 12.8. The number of hydrogen-bond acceptors (Lipinski definition) is 2. The highest BCUT2D eigenvalue weighted by atomic mass is 19.4. The molecule has 0 bridgehead atoms. The van der Waals surface area contributed by atoms with Gasteiger partial charge in [-0.25, -0.2) is 4.79 Å². The first-order valence-electron chi connectivity index (χ1n) is 6.51. The molecule has 4 N–H and O–H groups in total. The molecule has 5 nitrogen and oxygen atoms in total. The first-order chi connectivity index (χ1) is 9.88. The van der Waals surface area contributed by atoms with Crippen molar-refractivity contribution in [3.8, 4) is 0 Å². The number of anilines is 1. The number of benzene rings is 1. The Kier molecular flexibility index (Phi) is 5.05. The van der Waals surface area contributed by atoms with Crippen molar-refractivity contribution in [2.75, 3.05) is 5.32 Å². The van der Waals surface area contributed by atoms with Crippen LogP contribution >= 0.6 is 0 Å². The van der Waals surface area contributed by atoms with Gasteiger partial charge in [0.05, 0.1) is 5.56 Å². The lowest BCUT2D eigenvalue weighted by Crippen LogP contribution is -2.49. The molecule has 22 heavy (non-hydrogen) atoms. The number of amides is 2. The number of urea groups is 1. The van der Waals surface area contributed by atoms with E-state index in [0.717, 1.165) is 12.1 Å². The summed E-state index contributed by atoms with van der Waals surface area (Å²) in [5.74, 6) is -0.413. The van der Waals surface area contributed by atoms with Crippen LogP contribution in [0.4, 0.5) is 23.7 Å². The molecule has 1 aromatic carbocycles. The Balaban J connectivity index is 2.78. The van der Waals surface area contributed by atoms with E-state index in [0.29, 0.717) is 5.56 Å². The fourth-order valence-electron chi connectivity index (χ4n) is 1.58. The largest absolute Gasteiger partial charge is 0.416 e. The van der Waals surface area contributed by atoms with Crippen LogP contribution in [0.25, 0.3) is 0 Å². The average Bonchev–Trinajstić information content (AvgIpc) is 2.27. The van der Waals surface area contributed by atoms with Crippen LogP contribution in [0.2, 0.25) is 0 Å². The van der Waals surface area contributed by atoms with Crippen LogP contribution in [-0.4, -0.2) is 17.5 Å². The summed E-state index contributed by atoms with van der Waals surface area (Å²) in [5.41, 5.74) is -0.685. The van der Waals surface area contributed by atoms with E-state index >= 15 is 0 Å². The first kappa shape index (κ1) is 17.8. The van der Waals surface area contributed by atoms with Gasteiger partial charge in [-0.3, -0.25) is 10.7 Å². The highest BCUT2D eigenvalue weighted by molar-refractivity contribution is 6.02. The quantitative estimate of drug-likeness (QED) is 0.473. The normalized spacial score (nSPS) is 11.8. The second kappa shape index (κ2) is 6.25. The van der Waals surface area contributed by atoms with Gasteiger partial charge in [-0.2, -0.15) is 13.2 Å². The van der Waals surface area contributed by atoms with Crippen molar-refractivity contribution in [1.29, 1.82) is 5.41 Å². The number of aryl methyl sites for hydroxylation is 1. The smallest absolute Gasteiger partial charge is 0.333 e. The van der Waals surface area contributed by atoms with Gasteiger partial charge >= 0.3 is 12.2 Å². The molecule has 0 unspecified atom stereocenters. The van der Waals surface area contributed by atoms with E-state index in [2.05, 4.69) is 16.0 Å². The summed E-state index contributed by atoms with van der Waals surface area (Å²) >= 11 is 0.